The van der Waals surface area contributed by atoms with Crippen LogP contribution in [0.5, 0.6) is 0 Å². The van der Waals surface area contributed by atoms with Crippen LogP contribution >= 0.6 is 0 Å². The van der Waals surface area contributed by atoms with Gasteiger partial charge in [-0.05, 0) is 26.4 Å². The van der Waals surface area contributed by atoms with Gasteiger partial charge in [0, 0.05) is 13.2 Å². The van der Waals surface area contributed by atoms with E-state index in [0.29, 0.717) is 0 Å². The number of hydrogen-bond donors (Lipinski definition) is 0. The monoisotopic (exact) mass is 344 g/mol. The van der Waals surface area contributed by atoms with Crippen LogP contribution in [0.2, 0.25) is 12.6 Å². The van der Waals surface area contributed by atoms with E-state index in [1.165, 1.54) is 83.5 Å². The fourth-order valence-electron chi connectivity index (χ4n) is 3.26. The smallest absolute Gasteiger partial charge is 0.334 e. The molecule has 0 unspecified atom stereocenters. The van der Waals surface area contributed by atoms with Crippen molar-refractivity contribution in [2.45, 2.75) is 117 Å². The maximum absolute atomic E-state index is 5.89. The normalized spacial score (nSPS) is 12.0. The van der Waals surface area contributed by atoms with Gasteiger partial charge in [0.1, 0.15) is 0 Å². The van der Waals surface area contributed by atoms with Gasteiger partial charge in [-0.2, -0.15) is 0 Å². The second kappa shape index (κ2) is 17.0. The van der Waals surface area contributed by atoms with Crippen molar-refractivity contribution in [3.8, 4) is 0 Å². The molecule has 2 nitrogen and oxygen atoms in total. The van der Waals surface area contributed by atoms with Gasteiger partial charge in [0.2, 0.25) is 0 Å². The summed E-state index contributed by atoms with van der Waals surface area (Å²) in [5.41, 5.74) is 0. The fraction of sp³-hybridized carbons (Fsp3) is 1.00. The fourth-order valence-corrected chi connectivity index (χ4v) is 5.75. The molecule has 0 aromatic heterocycles. The highest BCUT2D eigenvalue weighted by atomic mass is 28.4. The van der Waals surface area contributed by atoms with E-state index in [9.17, 15) is 0 Å². The van der Waals surface area contributed by atoms with Gasteiger partial charge < -0.3 is 8.85 Å². The van der Waals surface area contributed by atoms with Crippen LogP contribution in [0.25, 0.3) is 0 Å². The first-order valence-corrected chi connectivity index (χ1v) is 13.0. The van der Waals surface area contributed by atoms with Gasteiger partial charge in [-0.15, -0.1) is 0 Å². The number of unbranched alkanes of at least 4 members (excludes halogenated alkanes) is 12. The van der Waals surface area contributed by atoms with Gasteiger partial charge in [0.25, 0.3) is 0 Å². The molecule has 0 N–H and O–H groups in total. The maximum atomic E-state index is 5.89. The van der Waals surface area contributed by atoms with Crippen molar-refractivity contribution in [2.75, 3.05) is 13.2 Å². The van der Waals surface area contributed by atoms with Gasteiger partial charge in [-0.25, -0.2) is 0 Å². The molecule has 0 aromatic rings. The number of rotatable bonds is 18. The first kappa shape index (κ1) is 23.1. The van der Waals surface area contributed by atoms with Crippen LogP contribution in [-0.4, -0.2) is 21.8 Å². The second-order valence-electron chi connectivity index (χ2n) is 6.99. The Labute approximate surface area is 148 Å². The summed E-state index contributed by atoms with van der Waals surface area (Å²) in [6.45, 7) is 10.3. The molecule has 3 heteroatoms. The summed E-state index contributed by atoms with van der Waals surface area (Å²) in [5, 5.41) is 0. The Bertz CT molecular complexity index is 228. The molecule has 0 aliphatic rings. The molecular formula is C20H44O2Si. The third-order valence-electron chi connectivity index (χ3n) is 4.63. The van der Waals surface area contributed by atoms with Gasteiger partial charge in [-0.1, -0.05) is 90.4 Å². The topological polar surface area (TPSA) is 18.5 Å². The van der Waals surface area contributed by atoms with E-state index in [1.54, 1.807) is 0 Å². The zero-order valence-corrected chi connectivity index (χ0v) is 17.6. The zero-order chi connectivity index (χ0) is 17.2. The molecule has 0 bridgehead atoms. The van der Waals surface area contributed by atoms with Gasteiger partial charge in [-0.3, -0.25) is 0 Å². The molecule has 0 heterocycles. The Morgan fingerprint density at radius 2 is 0.870 bits per heavy atom. The predicted molar refractivity (Wildman–Crippen MR) is 105 cm³/mol. The Morgan fingerprint density at radius 3 is 1.22 bits per heavy atom. The molecule has 0 amide bonds. The molecular weight excluding hydrogens is 300 g/mol. The highest BCUT2D eigenvalue weighted by Crippen LogP contribution is 2.19. The van der Waals surface area contributed by atoms with Crippen molar-refractivity contribution in [1.29, 1.82) is 0 Å². The minimum atomic E-state index is -1.85. The van der Waals surface area contributed by atoms with Gasteiger partial charge >= 0.3 is 8.56 Å². The molecule has 0 aliphatic carbocycles. The van der Waals surface area contributed by atoms with Crippen molar-refractivity contribution in [3.63, 3.8) is 0 Å². The van der Waals surface area contributed by atoms with Gasteiger partial charge in [0.05, 0.1) is 0 Å². The van der Waals surface area contributed by atoms with E-state index in [4.69, 9.17) is 8.85 Å². The highest BCUT2D eigenvalue weighted by molar-refractivity contribution is 6.66. The van der Waals surface area contributed by atoms with E-state index < -0.39 is 8.56 Å². The van der Waals surface area contributed by atoms with Crippen molar-refractivity contribution in [2.24, 2.45) is 0 Å². The lowest BCUT2D eigenvalue weighted by molar-refractivity contribution is 0.188. The summed E-state index contributed by atoms with van der Waals surface area (Å²) >= 11 is 0. The van der Waals surface area contributed by atoms with Crippen LogP contribution in [0.1, 0.15) is 104 Å². The third-order valence-corrected chi connectivity index (χ3v) is 7.69. The van der Waals surface area contributed by atoms with Crippen LogP contribution < -0.4 is 0 Å². The highest BCUT2D eigenvalue weighted by Gasteiger charge is 2.29. The molecule has 0 rings (SSSR count). The average molecular weight is 345 g/mol. The van der Waals surface area contributed by atoms with E-state index in [1.807, 2.05) is 0 Å². The first-order chi connectivity index (χ1) is 11.2. The van der Waals surface area contributed by atoms with E-state index >= 15 is 0 Å². The molecule has 140 valence electrons. The molecule has 0 atom stereocenters. The molecule has 0 saturated carbocycles. The van der Waals surface area contributed by atoms with Crippen molar-refractivity contribution < 1.29 is 8.85 Å². The predicted octanol–water partition coefficient (Wildman–Crippen LogP) is 7.22. The minimum absolute atomic E-state index is 0.793. The van der Waals surface area contributed by atoms with E-state index in [2.05, 4.69) is 27.3 Å². The summed E-state index contributed by atoms with van der Waals surface area (Å²) in [7, 11) is -1.85. The lowest BCUT2D eigenvalue weighted by Crippen LogP contribution is -2.38. The first-order valence-electron chi connectivity index (χ1n) is 10.5. The van der Waals surface area contributed by atoms with Crippen LogP contribution in [0.3, 0.4) is 0 Å². The van der Waals surface area contributed by atoms with Gasteiger partial charge in [0.15, 0.2) is 0 Å². The maximum Gasteiger partial charge on any atom is 0.334 e. The molecule has 23 heavy (non-hydrogen) atoms. The van der Waals surface area contributed by atoms with Crippen LogP contribution in [0.15, 0.2) is 0 Å². The average Bonchev–Trinajstić information content (AvgIpc) is 2.52. The summed E-state index contributed by atoms with van der Waals surface area (Å²) in [4.78, 5) is 0. The van der Waals surface area contributed by atoms with Crippen LogP contribution in [-0.2, 0) is 8.85 Å². The zero-order valence-electron chi connectivity index (χ0n) is 16.6. The molecule has 0 fully saturated rings. The van der Waals surface area contributed by atoms with Crippen molar-refractivity contribution in [3.05, 3.63) is 0 Å². The lowest BCUT2D eigenvalue weighted by atomic mass is 10.1. The second-order valence-corrected chi connectivity index (χ2v) is 10.3. The Balaban J connectivity index is 3.32. The lowest BCUT2D eigenvalue weighted by Gasteiger charge is -2.25. The Morgan fingerprint density at radius 1 is 0.522 bits per heavy atom. The van der Waals surface area contributed by atoms with Crippen molar-refractivity contribution >= 4 is 8.56 Å². The molecule has 0 spiro atoms. The van der Waals surface area contributed by atoms with E-state index in [-0.39, 0.29) is 0 Å². The molecule has 0 aliphatic heterocycles. The SMILES string of the molecule is CCCCCCCCCCCCCCC[Si](C)(OCC)OCC. The quantitative estimate of drug-likeness (QED) is 0.193. The standard InChI is InChI=1S/C20H44O2Si/c1-5-8-9-10-11-12-13-14-15-16-17-18-19-20-23(4,21-6-2)22-7-3/h5-20H2,1-4H3. The van der Waals surface area contributed by atoms with Crippen LogP contribution in [0.4, 0.5) is 0 Å². The summed E-state index contributed by atoms with van der Waals surface area (Å²) in [5.74, 6) is 0. The Kier molecular flexibility index (Phi) is 17.1. The molecule has 0 aromatic carbocycles. The third kappa shape index (κ3) is 15.4. The largest absolute Gasteiger partial charge is 0.395 e. The number of hydrogen-bond acceptors (Lipinski definition) is 2. The van der Waals surface area contributed by atoms with E-state index in [0.717, 1.165) is 19.3 Å². The minimum Gasteiger partial charge on any atom is -0.395 e. The molecule has 0 radical (unpaired) electrons. The summed E-state index contributed by atoms with van der Waals surface area (Å²) in [6, 6.07) is 1.16. The summed E-state index contributed by atoms with van der Waals surface area (Å²) < 4.78 is 11.8. The summed E-state index contributed by atoms with van der Waals surface area (Å²) in [6.07, 6.45) is 18.3. The molecule has 0 saturated heterocycles. The van der Waals surface area contributed by atoms with Crippen LogP contribution in [0, 0.1) is 0 Å². The Hall–Kier alpha value is 0.137. The van der Waals surface area contributed by atoms with Crippen molar-refractivity contribution in [1.82, 2.24) is 0 Å².